The molecule has 2 fully saturated rings. The molecule has 5 nitrogen and oxygen atoms in total. The van der Waals surface area contributed by atoms with E-state index in [0.717, 1.165) is 12.2 Å². The molecule has 1 aromatic heterocycles. The number of ether oxygens (including phenoxy) is 1. The highest BCUT2D eigenvalue weighted by atomic mass is 32.2. The summed E-state index contributed by atoms with van der Waals surface area (Å²) in [4.78, 5) is 20.8. The lowest BCUT2D eigenvalue weighted by Gasteiger charge is -2.43. The number of fused-ring (bicyclic) bond motifs is 2. The molecule has 4 rings (SSSR count). The highest BCUT2D eigenvalue weighted by molar-refractivity contribution is 8.00. The first kappa shape index (κ1) is 15.2. The number of aromatic amines is 2. The van der Waals surface area contributed by atoms with Gasteiger partial charge in [0.1, 0.15) is 5.82 Å². The van der Waals surface area contributed by atoms with Gasteiger partial charge in [0.15, 0.2) is 4.77 Å². The molecular weight excluding hydrogens is 337 g/mol. The molecule has 0 spiro atoms. The lowest BCUT2D eigenvalue weighted by atomic mass is 10.0. The van der Waals surface area contributed by atoms with Crippen LogP contribution in [0, 0.1) is 10.6 Å². The predicted molar refractivity (Wildman–Crippen MR) is 89.9 cm³/mol. The molecule has 2 aliphatic rings. The number of imidazole rings is 1. The Kier molecular flexibility index (Phi) is 3.90. The topological polar surface area (TPSA) is 61.1 Å². The Morgan fingerprint density at radius 2 is 2.30 bits per heavy atom. The molecular formula is C15H16FN3O2S2. The van der Waals surface area contributed by atoms with E-state index in [9.17, 15) is 9.18 Å². The fourth-order valence-corrected chi connectivity index (χ4v) is 4.88. The molecule has 1 aromatic carbocycles. The van der Waals surface area contributed by atoms with Crippen LogP contribution in [0.15, 0.2) is 12.1 Å². The number of carbonyl (C=O) groups is 1. The van der Waals surface area contributed by atoms with Crippen LogP contribution >= 0.6 is 24.0 Å². The van der Waals surface area contributed by atoms with Crippen molar-refractivity contribution in [3.63, 3.8) is 0 Å². The van der Waals surface area contributed by atoms with Gasteiger partial charge in [-0.3, -0.25) is 4.79 Å². The molecule has 2 N–H and O–H groups in total. The number of amides is 1. The van der Waals surface area contributed by atoms with E-state index < -0.39 is 5.82 Å². The number of H-pyrrole nitrogens is 2. The molecule has 2 atom stereocenters. The molecule has 122 valence electrons. The number of aromatic nitrogens is 2. The van der Waals surface area contributed by atoms with Crippen LogP contribution in [0.3, 0.4) is 0 Å². The van der Waals surface area contributed by atoms with Crippen molar-refractivity contribution >= 4 is 40.9 Å². The lowest BCUT2D eigenvalue weighted by molar-refractivity contribution is 0.0320. The van der Waals surface area contributed by atoms with Gasteiger partial charge in [0, 0.05) is 30.2 Å². The summed E-state index contributed by atoms with van der Waals surface area (Å²) in [6.07, 6.45) is 0.824. The molecule has 2 aromatic rings. The van der Waals surface area contributed by atoms with Crippen molar-refractivity contribution in [2.45, 2.75) is 17.7 Å². The highest BCUT2D eigenvalue weighted by Gasteiger charge is 2.37. The van der Waals surface area contributed by atoms with Gasteiger partial charge in [-0.05, 0) is 30.8 Å². The maximum absolute atomic E-state index is 13.9. The SMILES string of the molecule is O=C(c1cc(F)cc2[nH]c(=S)[nH]c12)N1CCS[C@@H]2COCC[C@@H]21. The van der Waals surface area contributed by atoms with Crippen molar-refractivity contribution in [2.24, 2.45) is 0 Å². The van der Waals surface area contributed by atoms with E-state index in [4.69, 9.17) is 17.0 Å². The van der Waals surface area contributed by atoms with Gasteiger partial charge in [-0.1, -0.05) is 0 Å². The third kappa shape index (κ3) is 2.68. The minimum absolute atomic E-state index is 0.142. The maximum Gasteiger partial charge on any atom is 0.256 e. The molecule has 0 unspecified atom stereocenters. The predicted octanol–water partition coefficient (Wildman–Crippen LogP) is 2.71. The van der Waals surface area contributed by atoms with Crippen LogP contribution in [0.25, 0.3) is 11.0 Å². The Labute approximate surface area is 141 Å². The lowest BCUT2D eigenvalue weighted by Crippen LogP contribution is -2.54. The van der Waals surface area contributed by atoms with Crippen LogP contribution in [-0.2, 0) is 4.74 Å². The normalized spacial score (nSPS) is 24.7. The summed E-state index contributed by atoms with van der Waals surface area (Å²) >= 11 is 6.92. The standard InChI is InChI=1S/C15H16FN3O2S2/c16-8-5-9(13-10(6-8)17-15(22)18-13)14(20)19-2-4-23-12-7-21-3-1-11(12)19/h5-6,11-12H,1-4,7H2,(H2,17,18,22)/t11-,12+/m0/s1. The zero-order valence-electron chi connectivity index (χ0n) is 12.3. The van der Waals surface area contributed by atoms with Crippen molar-refractivity contribution in [2.75, 3.05) is 25.5 Å². The minimum atomic E-state index is -0.444. The van der Waals surface area contributed by atoms with E-state index >= 15 is 0 Å². The quantitative estimate of drug-likeness (QED) is 0.774. The first-order valence-electron chi connectivity index (χ1n) is 7.55. The number of nitrogens with zero attached hydrogens (tertiary/aromatic N) is 1. The van der Waals surface area contributed by atoms with Crippen molar-refractivity contribution < 1.29 is 13.9 Å². The van der Waals surface area contributed by atoms with Gasteiger partial charge in [-0.2, -0.15) is 11.8 Å². The Bertz CT molecular complexity index is 817. The largest absolute Gasteiger partial charge is 0.380 e. The van der Waals surface area contributed by atoms with E-state index in [1.165, 1.54) is 12.1 Å². The molecule has 3 heterocycles. The highest BCUT2D eigenvalue weighted by Crippen LogP contribution is 2.32. The van der Waals surface area contributed by atoms with E-state index in [1.54, 1.807) is 0 Å². The number of nitrogens with one attached hydrogen (secondary N) is 2. The van der Waals surface area contributed by atoms with E-state index in [1.807, 2.05) is 16.7 Å². The van der Waals surface area contributed by atoms with Gasteiger partial charge >= 0.3 is 0 Å². The van der Waals surface area contributed by atoms with Gasteiger partial charge in [0.05, 0.1) is 23.2 Å². The van der Waals surface area contributed by atoms with Gasteiger partial charge in [0.25, 0.3) is 5.91 Å². The maximum atomic E-state index is 13.9. The average Bonchev–Trinajstić information content (AvgIpc) is 2.92. The second-order valence-corrected chi connectivity index (χ2v) is 7.55. The summed E-state index contributed by atoms with van der Waals surface area (Å²) in [6.45, 7) is 2.01. The molecule has 8 heteroatoms. The molecule has 1 amide bonds. The zero-order chi connectivity index (χ0) is 16.0. The van der Waals surface area contributed by atoms with Crippen LogP contribution in [0.5, 0.6) is 0 Å². The summed E-state index contributed by atoms with van der Waals surface area (Å²) in [7, 11) is 0. The van der Waals surface area contributed by atoms with E-state index in [0.29, 0.717) is 46.4 Å². The summed E-state index contributed by atoms with van der Waals surface area (Å²) in [5.74, 6) is 0.288. The summed E-state index contributed by atoms with van der Waals surface area (Å²) < 4.78 is 19.8. The monoisotopic (exact) mass is 353 g/mol. The second kappa shape index (κ2) is 5.92. The van der Waals surface area contributed by atoms with Crippen molar-refractivity contribution in [3.05, 3.63) is 28.3 Å². The van der Waals surface area contributed by atoms with Crippen LogP contribution in [0.2, 0.25) is 0 Å². The van der Waals surface area contributed by atoms with E-state index in [-0.39, 0.29) is 11.9 Å². The summed E-state index contributed by atoms with van der Waals surface area (Å²) in [6, 6.07) is 2.79. The van der Waals surface area contributed by atoms with Gasteiger partial charge in [-0.15, -0.1) is 0 Å². The summed E-state index contributed by atoms with van der Waals surface area (Å²) in [5, 5.41) is 0.301. The van der Waals surface area contributed by atoms with Gasteiger partial charge in [-0.25, -0.2) is 4.39 Å². The van der Waals surface area contributed by atoms with Gasteiger partial charge in [0.2, 0.25) is 0 Å². The Morgan fingerprint density at radius 3 is 3.17 bits per heavy atom. The Morgan fingerprint density at radius 1 is 1.43 bits per heavy atom. The molecule has 2 aliphatic heterocycles. The molecule has 0 radical (unpaired) electrons. The van der Waals surface area contributed by atoms with E-state index in [2.05, 4.69) is 9.97 Å². The van der Waals surface area contributed by atoms with Crippen LogP contribution < -0.4 is 0 Å². The second-order valence-electron chi connectivity index (χ2n) is 5.79. The first-order chi connectivity index (χ1) is 11.1. The molecule has 2 saturated heterocycles. The fraction of sp³-hybridized carbons (Fsp3) is 0.467. The number of hydrogen-bond acceptors (Lipinski definition) is 4. The molecule has 0 bridgehead atoms. The van der Waals surface area contributed by atoms with Crippen LogP contribution in [-0.4, -0.2) is 57.6 Å². The van der Waals surface area contributed by atoms with Gasteiger partial charge < -0.3 is 19.6 Å². The number of carbonyl (C=O) groups excluding carboxylic acids is 1. The number of hydrogen-bond donors (Lipinski definition) is 2. The Hall–Kier alpha value is -1.38. The van der Waals surface area contributed by atoms with Crippen LogP contribution in [0.4, 0.5) is 4.39 Å². The fourth-order valence-electron chi connectivity index (χ4n) is 3.37. The zero-order valence-corrected chi connectivity index (χ0v) is 13.9. The third-order valence-corrected chi connectivity index (χ3v) is 5.92. The number of thioether (sulfide) groups is 1. The molecule has 0 aliphatic carbocycles. The molecule has 0 saturated carbocycles. The smallest absolute Gasteiger partial charge is 0.256 e. The number of halogens is 1. The molecule has 23 heavy (non-hydrogen) atoms. The number of rotatable bonds is 1. The minimum Gasteiger partial charge on any atom is -0.380 e. The van der Waals surface area contributed by atoms with Crippen LogP contribution in [0.1, 0.15) is 16.8 Å². The van der Waals surface area contributed by atoms with Crippen molar-refractivity contribution in [1.82, 2.24) is 14.9 Å². The first-order valence-corrected chi connectivity index (χ1v) is 9.01. The number of benzene rings is 1. The van der Waals surface area contributed by atoms with Crippen molar-refractivity contribution in [3.8, 4) is 0 Å². The van der Waals surface area contributed by atoms with Crippen molar-refractivity contribution in [1.29, 1.82) is 0 Å². The third-order valence-electron chi connectivity index (χ3n) is 4.41. The summed E-state index contributed by atoms with van der Waals surface area (Å²) in [5.41, 5.74) is 1.43. The average molecular weight is 353 g/mol. The Balaban J connectivity index is 1.75.